The van der Waals surface area contributed by atoms with E-state index in [0.29, 0.717) is 16.8 Å². The van der Waals surface area contributed by atoms with E-state index < -0.39 is 5.82 Å². The van der Waals surface area contributed by atoms with Crippen molar-refractivity contribution in [3.05, 3.63) is 70.0 Å². The number of fused-ring (bicyclic) bond motifs is 1. The molecule has 2 heterocycles. The molecule has 21 heavy (non-hydrogen) atoms. The summed E-state index contributed by atoms with van der Waals surface area (Å²) in [7, 11) is 0. The van der Waals surface area contributed by atoms with E-state index in [-0.39, 0.29) is 17.2 Å². The Kier molecular flexibility index (Phi) is 3.26. The monoisotopic (exact) mass is 302 g/mol. The lowest BCUT2D eigenvalue weighted by molar-refractivity contribution is 0.578. The molecule has 3 aromatic rings. The molecular weight excluding hydrogens is 291 g/mol. The minimum absolute atomic E-state index is 0.0167. The second-order valence-corrected chi connectivity index (χ2v) is 4.98. The molecule has 0 fully saturated rings. The highest BCUT2D eigenvalue weighted by molar-refractivity contribution is 7.80. The maximum absolute atomic E-state index is 13.9. The largest absolute Gasteiger partial charge is 0.389 e. The van der Waals surface area contributed by atoms with Crippen molar-refractivity contribution in [1.29, 1.82) is 0 Å². The SMILES string of the molecule is NC(=S)c1ccc(F)c(Cn2nc3ccccn3c2=O)c1. The summed E-state index contributed by atoms with van der Waals surface area (Å²) in [4.78, 5) is 12.3. The first-order chi connectivity index (χ1) is 10.1. The van der Waals surface area contributed by atoms with Crippen LogP contribution >= 0.6 is 12.2 Å². The van der Waals surface area contributed by atoms with Crippen LogP contribution in [-0.4, -0.2) is 19.2 Å². The molecule has 0 amide bonds. The number of rotatable bonds is 3. The Morgan fingerprint density at radius 3 is 2.86 bits per heavy atom. The third-order valence-electron chi connectivity index (χ3n) is 3.14. The minimum Gasteiger partial charge on any atom is -0.389 e. The number of aromatic nitrogens is 3. The lowest BCUT2D eigenvalue weighted by atomic mass is 10.1. The Labute approximate surface area is 124 Å². The van der Waals surface area contributed by atoms with Crippen molar-refractivity contribution < 1.29 is 4.39 Å². The van der Waals surface area contributed by atoms with Crippen LogP contribution in [0.5, 0.6) is 0 Å². The molecule has 0 unspecified atom stereocenters. The summed E-state index contributed by atoms with van der Waals surface area (Å²) in [5, 5.41) is 4.16. The predicted octanol–water partition coefficient (Wildman–Crippen LogP) is 1.32. The summed E-state index contributed by atoms with van der Waals surface area (Å²) >= 11 is 4.87. The van der Waals surface area contributed by atoms with Gasteiger partial charge in [-0.15, -0.1) is 5.10 Å². The fourth-order valence-electron chi connectivity index (χ4n) is 2.08. The molecule has 0 aliphatic rings. The van der Waals surface area contributed by atoms with Crippen LogP contribution in [0.25, 0.3) is 5.65 Å². The molecule has 2 aromatic heterocycles. The second kappa shape index (κ2) is 5.10. The Morgan fingerprint density at radius 1 is 1.33 bits per heavy atom. The summed E-state index contributed by atoms with van der Waals surface area (Å²) < 4.78 is 16.5. The topological polar surface area (TPSA) is 65.3 Å². The summed E-state index contributed by atoms with van der Waals surface area (Å²) in [5.74, 6) is -0.432. The van der Waals surface area contributed by atoms with Crippen molar-refractivity contribution in [3.63, 3.8) is 0 Å². The van der Waals surface area contributed by atoms with Crippen LogP contribution < -0.4 is 11.4 Å². The highest BCUT2D eigenvalue weighted by Crippen LogP contribution is 2.12. The quantitative estimate of drug-likeness (QED) is 0.741. The minimum atomic E-state index is -0.432. The maximum Gasteiger partial charge on any atom is 0.350 e. The molecule has 7 heteroatoms. The van der Waals surface area contributed by atoms with E-state index in [0.717, 1.165) is 0 Å². The molecule has 0 radical (unpaired) electrons. The number of benzene rings is 1. The van der Waals surface area contributed by atoms with Crippen molar-refractivity contribution in [2.45, 2.75) is 6.54 Å². The van der Waals surface area contributed by atoms with Gasteiger partial charge in [-0.05, 0) is 30.3 Å². The molecule has 0 aliphatic carbocycles. The van der Waals surface area contributed by atoms with Gasteiger partial charge in [-0.25, -0.2) is 13.9 Å². The molecule has 0 saturated carbocycles. The van der Waals surface area contributed by atoms with Gasteiger partial charge >= 0.3 is 5.69 Å². The molecule has 106 valence electrons. The van der Waals surface area contributed by atoms with Crippen LogP contribution in [0, 0.1) is 5.82 Å². The van der Waals surface area contributed by atoms with Gasteiger partial charge in [0, 0.05) is 17.3 Å². The van der Waals surface area contributed by atoms with Gasteiger partial charge in [-0.3, -0.25) is 4.40 Å². The molecule has 2 N–H and O–H groups in total. The summed E-state index contributed by atoms with van der Waals surface area (Å²) in [6.07, 6.45) is 1.61. The maximum atomic E-state index is 13.9. The van der Waals surface area contributed by atoms with Gasteiger partial charge in [-0.2, -0.15) is 0 Å². The Hall–Kier alpha value is -2.54. The number of hydrogen-bond donors (Lipinski definition) is 1. The first-order valence-electron chi connectivity index (χ1n) is 6.19. The Morgan fingerprint density at radius 2 is 2.14 bits per heavy atom. The van der Waals surface area contributed by atoms with E-state index in [1.807, 2.05) is 0 Å². The van der Waals surface area contributed by atoms with Crippen LogP contribution in [0.15, 0.2) is 47.4 Å². The van der Waals surface area contributed by atoms with E-state index in [1.165, 1.54) is 27.3 Å². The molecule has 0 aliphatic heterocycles. The van der Waals surface area contributed by atoms with E-state index in [4.69, 9.17) is 18.0 Å². The van der Waals surface area contributed by atoms with Gasteiger partial charge in [0.1, 0.15) is 10.8 Å². The van der Waals surface area contributed by atoms with Crippen molar-refractivity contribution in [2.24, 2.45) is 5.73 Å². The third kappa shape index (κ3) is 2.43. The molecule has 5 nitrogen and oxygen atoms in total. The molecule has 0 saturated heterocycles. The average molecular weight is 302 g/mol. The van der Waals surface area contributed by atoms with Crippen LogP contribution in [0.3, 0.4) is 0 Å². The molecule has 0 bridgehead atoms. The molecule has 0 spiro atoms. The highest BCUT2D eigenvalue weighted by Gasteiger charge is 2.10. The van der Waals surface area contributed by atoms with E-state index in [1.54, 1.807) is 24.4 Å². The average Bonchev–Trinajstić information content (AvgIpc) is 2.78. The number of hydrogen-bond acceptors (Lipinski definition) is 3. The van der Waals surface area contributed by atoms with Crippen LogP contribution in [0.4, 0.5) is 4.39 Å². The zero-order valence-corrected chi connectivity index (χ0v) is 11.7. The number of nitrogens with two attached hydrogens (primary N) is 1. The Bertz CT molecular complexity index is 899. The number of nitrogens with zero attached hydrogens (tertiary/aromatic N) is 3. The van der Waals surface area contributed by atoms with Crippen LogP contribution in [0.1, 0.15) is 11.1 Å². The van der Waals surface area contributed by atoms with Crippen molar-refractivity contribution in [2.75, 3.05) is 0 Å². The van der Waals surface area contributed by atoms with Gasteiger partial charge in [0.05, 0.1) is 6.54 Å². The first kappa shape index (κ1) is 13.4. The summed E-state index contributed by atoms with van der Waals surface area (Å²) in [6.45, 7) is 0.0167. The molecule has 0 atom stereocenters. The number of halogens is 1. The van der Waals surface area contributed by atoms with Gasteiger partial charge < -0.3 is 5.73 Å². The van der Waals surface area contributed by atoms with Crippen molar-refractivity contribution in [3.8, 4) is 0 Å². The fourth-order valence-corrected chi connectivity index (χ4v) is 2.21. The van der Waals surface area contributed by atoms with E-state index in [9.17, 15) is 9.18 Å². The molecular formula is C14H11FN4OS. The summed E-state index contributed by atoms with van der Waals surface area (Å²) in [6, 6.07) is 9.54. The zero-order chi connectivity index (χ0) is 15.0. The predicted molar refractivity (Wildman–Crippen MR) is 80.8 cm³/mol. The van der Waals surface area contributed by atoms with Crippen molar-refractivity contribution >= 4 is 22.9 Å². The van der Waals surface area contributed by atoms with Gasteiger partial charge in [-0.1, -0.05) is 18.3 Å². The lowest BCUT2D eigenvalue weighted by Crippen LogP contribution is -2.22. The molecule has 3 rings (SSSR count). The van der Waals surface area contributed by atoms with Gasteiger partial charge in [0.15, 0.2) is 5.65 Å². The smallest absolute Gasteiger partial charge is 0.350 e. The van der Waals surface area contributed by atoms with E-state index in [2.05, 4.69) is 5.10 Å². The van der Waals surface area contributed by atoms with Gasteiger partial charge in [0.25, 0.3) is 0 Å². The standard InChI is InChI=1S/C14H11FN4OS/c15-11-5-4-9(13(16)21)7-10(11)8-19-14(20)18-6-2-1-3-12(18)17-19/h1-7H,8H2,(H2,16,21). The summed E-state index contributed by atoms with van der Waals surface area (Å²) in [5.41, 5.74) is 6.58. The third-order valence-corrected chi connectivity index (χ3v) is 3.37. The van der Waals surface area contributed by atoms with Crippen molar-refractivity contribution in [1.82, 2.24) is 14.2 Å². The lowest BCUT2D eigenvalue weighted by Gasteiger charge is -2.05. The first-order valence-corrected chi connectivity index (χ1v) is 6.59. The van der Waals surface area contributed by atoms with Crippen LogP contribution in [-0.2, 0) is 6.54 Å². The number of pyridine rings is 1. The van der Waals surface area contributed by atoms with Crippen LogP contribution in [0.2, 0.25) is 0 Å². The second-order valence-electron chi connectivity index (χ2n) is 4.54. The number of thiocarbonyl (C=S) groups is 1. The zero-order valence-electron chi connectivity index (χ0n) is 10.9. The molecule has 1 aromatic carbocycles. The van der Waals surface area contributed by atoms with E-state index >= 15 is 0 Å². The fraction of sp³-hybridized carbons (Fsp3) is 0.0714. The normalized spacial score (nSPS) is 10.9. The Balaban J connectivity index is 2.06. The highest BCUT2D eigenvalue weighted by atomic mass is 32.1. The van der Waals surface area contributed by atoms with Gasteiger partial charge in [0.2, 0.25) is 0 Å².